The fourth-order valence-corrected chi connectivity index (χ4v) is 4.41. The van der Waals surface area contributed by atoms with Gasteiger partial charge in [-0.05, 0) is 42.0 Å². The van der Waals surface area contributed by atoms with Crippen molar-refractivity contribution in [2.45, 2.75) is 26.8 Å². The zero-order valence-corrected chi connectivity index (χ0v) is 19.5. The first-order chi connectivity index (χ1) is 15.4. The molecule has 8 nitrogen and oxygen atoms in total. The predicted octanol–water partition coefficient (Wildman–Crippen LogP) is 4.97. The van der Waals surface area contributed by atoms with E-state index >= 15 is 0 Å². The van der Waals surface area contributed by atoms with Crippen molar-refractivity contribution in [1.29, 1.82) is 0 Å². The summed E-state index contributed by atoms with van der Waals surface area (Å²) in [5, 5.41) is 9.25. The van der Waals surface area contributed by atoms with Crippen LogP contribution in [0.5, 0.6) is 11.5 Å². The third-order valence-electron chi connectivity index (χ3n) is 5.28. The molecule has 0 aliphatic carbocycles. The van der Waals surface area contributed by atoms with E-state index in [1.54, 1.807) is 30.5 Å². The molecule has 32 heavy (non-hydrogen) atoms. The molecule has 1 aromatic carbocycles. The van der Waals surface area contributed by atoms with Crippen LogP contribution in [0.1, 0.15) is 38.3 Å². The monoisotopic (exact) mass is 454 g/mol. The van der Waals surface area contributed by atoms with Crippen molar-refractivity contribution in [2.75, 3.05) is 20.8 Å². The van der Waals surface area contributed by atoms with Crippen molar-refractivity contribution in [3.63, 3.8) is 0 Å². The van der Waals surface area contributed by atoms with Crippen LogP contribution < -0.4 is 14.8 Å². The first-order valence-corrected chi connectivity index (χ1v) is 11.2. The number of amides is 2. The van der Waals surface area contributed by atoms with Crippen molar-refractivity contribution in [1.82, 2.24) is 20.4 Å². The number of benzene rings is 1. The Labute approximate surface area is 190 Å². The Morgan fingerprint density at radius 2 is 2.00 bits per heavy atom. The molecule has 0 bridgehead atoms. The lowest BCUT2D eigenvalue weighted by Crippen LogP contribution is -2.47. The Morgan fingerprint density at radius 1 is 1.22 bits per heavy atom. The van der Waals surface area contributed by atoms with Crippen LogP contribution >= 0.6 is 11.3 Å². The van der Waals surface area contributed by atoms with Gasteiger partial charge in [0.2, 0.25) is 5.82 Å². The number of hydrogen-bond acceptors (Lipinski definition) is 7. The van der Waals surface area contributed by atoms with Crippen LogP contribution in [-0.2, 0) is 0 Å². The summed E-state index contributed by atoms with van der Waals surface area (Å²) in [5.41, 5.74) is 2.36. The van der Waals surface area contributed by atoms with Crippen molar-refractivity contribution >= 4 is 22.9 Å². The molecule has 4 rings (SSSR count). The minimum Gasteiger partial charge on any atom is -0.493 e. The highest BCUT2D eigenvalue weighted by Gasteiger charge is 2.36. The van der Waals surface area contributed by atoms with E-state index in [1.807, 2.05) is 42.6 Å². The van der Waals surface area contributed by atoms with E-state index in [9.17, 15) is 4.79 Å². The summed E-state index contributed by atoms with van der Waals surface area (Å²) < 4.78 is 16.5. The number of methoxy groups -OCH3 is 2. The van der Waals surface area contributed by atoms with Gasteiger partial charge >= 0.3 is 6.03 Å². The van der Waals surface area contributed by atoms with Gasteiger partial charge in [0.25, 0.3) is 5.89 Å². The average molecular weight is 455 g/mol. The Bertz CT molecular complexity index is 1140. The molecule has 3 heterocycles. The Balaban J connectivity index is 1.83. The van der Waals surface area contributed by atoms with Gasteiger partial charge in [-0.3, -0.25) is 4.90 Å². The van der Waals surface area contributed by atoms with Gasteiger partial charge in [0, 0.05) is 12.2 Å². The minimum absolute atomic E-state index is 0.169. The summed E-state index contributed by atoms with van der Waals surface area (Å²) in [4.78, 5) is 20.3. The topological polar surface area (TPSA) is 89.7 Å². The molecule has 2 amide bonds. The van der Waals surface area contributed by atoms with Gasteiger partial charge in [-0.2, -0.15) is 4.98 Å². The van der Waals surface area contributed by atoms with Crippen molar-refractivity contribution in [2.24, 2.45) is 5.92 Å². The number of allylic oxidation sites excluding steroid dienone is 1. The summed E-state index contributed by atoms with van der Waals surface area (Å²) in [7, 11) is 3.17. The zero-order valence-electron chi connectivity index (χ0n) is 18.7. The van der Waals surface area contributed by atoms with Crippen LogP contribution in [-0.4, -0.2) is 41.8 Å². The van der Waals surface area contributed by atoms with Gasteiger partial charge < -0.3 is 19.3 Å². The van der Waals surface area contributed by atoms with Gasteiger partial charge in [-0.1, -0.05) is 31.1 Å². The van der Waals surface area contributed by atoms with E-state index in [0.29, 0.717) is 35.7 Å². The highest BCUT2D eigenvalue weighted by atomic mass is 32.1. The molecule has 1 unspecified atom stereocenters. The van der Waals surface area contributed by atoms with Gasteiger partial charge in [-0.15, -0.1) is 11.3 Å². The van der Waals surface area contributed by atoms with Crippen LogP contribution in [0.15, 0.2) is 45.9 Å². The molecule has 0 spiro atoms. The summed E-state index contributed by atoms with van der Waals surface area (Å²) in [6.45, 7) is 6.63. The van der Waals surface area contributed by atoms with Crippen LogP contribution in [0.3, 0.4) is 0 Å². The molecule has 0 saturated heterocycles. The number of aromatic nitrogens is 2. The van der Waals surface area contributed by atoms with E-state index in [2.05, 4.69) is 29.3 Å². The summed E-state index contributed by atoms with van der Waals surface area (Å²) in [6.07, 6.45) is 0. The Morgan fingerprint density at radius 3 is 2.66 bits per heavy atom. The second kappa shape index (κ2) is 9.04. The summed E-state index contributed by atoms with van der Waals surface area (Å²) in [5.74, 6) is 2.37. The van der Waals surface area contributed by atoms with Crippen LogP contribution in [0.2, 0.25) is 0 Å². The van der Waals surface area contributed by atoms with Gasteiger partial charge in [0.15, 0.2) is 11.5 Å². The number of ether oxygens (including phenoxy) is 2. The number of carbonyl (C=O) groups is 1. The van der Waals surface area contributed by atoms with Crippen LogP contribution in [0.4, 0.5) is 4.79 Å². The number of nitrogens with one attached hydrogen (secondary N) is 1. The van der Waals surface area contributed by atoms with E-state index in [1.165, 1.54) is 0 Å². The van der Waals surface area contributed by atoms with Crippen molar-refractivity contribution in [3.05, 3.63) is 52.9 Å². The lowest BCUT2D eigenvalue weighted by Gasteiger charge is -2.36. The number of rotatable bonds is 7. The molecule has 3 aromatic rings. The molecule has 1 N–H and O–H groups in total. The molecule has 168 valence electrons. The third-order valence-corrected chi connectivity index (χ3v) is 6.15. The maximum Gasteiger partial charge on any atom is 0.322 e. The smallest absolute Gasteiger partial charge is 0.322 e. The highest BCUT2D eigenvalue weighted by Crippen LogP contribution is 2.40. The summed E-state index contributed by atoms with van der Waals surface area (Å²) in [6, 6.07) is 8.80. The van der Waals surface area contributed by atoms with E-state index < -0.39 is 6.04 Å². The molecule has 2 aromatic heterocycles. The molecule has 1 aliphatic rings. The second-order valence-electron chi connectivity index (χ2n) is 7.90. The maximum absolute atomic E-state index is 13.0. The lowest BCUT2D eigenvalue weighted by molar-refractivity contribution is 0.199. The third kappa shape index (κ3) is 4.08. The van der Waals surface area contributed by atoms with E-state index in [0.717, 1.165) is 21.7 Å². The largest absolute Gasteiger partial charge is 0.493 e. The van der Waals surface area contributed by atoms with E-state index in [4.69, 9.17) is 14.0 Å². The Kier molecular flexibility index (Phi) is 6.18. The fraction of sp³-hybridized carbons (Fsp3) is 0.348. The predicted molar refractivity (Wildman–Crippen MR) is 123 cm³/mol. The summed E-state index contributed by atoms with van der Waals surface area (Å²) >= 11 is 1.54. The molecular weight excluding hydrogens is 428 g/mol. The molecule has 0 fully saturated rings. The Hall–Kier alpha value is -3.33. The van der Waals surface area contributed by atoms with Crippen molar-refractivity contribution in [3.8, 4) is 22.2 Å². The normalized spacial score (nSPS) is 16.5. The highest BCUT2D eigenvalue weighted by molar-refractivity contribution is 7.13. The lowest BCUT2D eigenvalue weighted by atomic mass is 9.94. The van der Waals surface area contributed by atoms with Gasteiger partial charge in [0.05, 0.1) is 30.7 Å². The van der Waals surface area contributed by atoms with Crippen LogP contribution in [0, 0.1) is 5.92 Å². The molecule has 0 radical (unpaired) electrons. The van der Waals surface area contributed by atoms with Gasteiger partial charge in [-0.25, -0.2) is 4.79 Å². The SMILES string of the molecule is COc1ccc(C2NC(=O)N(CC(C)C)C(C)=C2c2nc(-c3cccs3)no2)cc1OC. The number of carbonyl (C=O) groups excluding carboxylic acids is 1. The molecule has 1 aliphatic heterocycles. The molecule has 1 atom stereocenters. The van der Waals surface area contributed by atoms with E-state index in [-0.39, 0.29) is 6.03 Å². The zero-order chi connectivity index (χ0) is 22.8. The quantitative estimate of drug-likeness (QED) is 0.542. The van der Waals surface area contributed by atoms with Crippen molar-refractivity contribution < 1.29 is 18.8 Å². The molecule has 0 saturated carbocycles. The number of thiophene rings is 1. The van der Waals surface area contributed by atoms with Crippen LogP contribution in [0.25, 0.3) is 16.3 Å². The average Bonchev–Trinajstić information content (AvgIpc) is 3.47. The first kappa shape index (κ1) is 21.9. The number of nitrogens with zero attached hydrogens (tertiary/aromatic N) is 3. The number of urea groups is 1. The standard InChI is InChI=1S/C23H26N4O4S/c1-13(2)12-27-14(3)19(22-25-21(26-31-22)18-7-6-10-32-18)20(24-23(27)28)15-8-9-16(29-4)17(11-15)30-5/h6-11,13,20H,12H2,1-5H3,(H,24,28). The minimum atomic E-state index is -0.484. The molecule has 9 heteroatoms. The molecular formula is C23H26N4O4S. The fourth-order valence-electron chi connectivity index (χ4n) is 3.76. The number of hydrogen-bond donors (Lipinski definition) is 1. The maximum atomic E-state index is 13.0. The van der Waals surface area contributed by atoms with Gasteiger partial charge in [0.1, 0.15) is 0 Å². The first-order valence-electron chi connectivity index (χ1n) is 10.3. The second-order valence-corrected chi connectivity index (χ2v) is 8.85.